The van der Waals surface area contributed by atoms with Gasteiger partial charge in [0.25, 0.3) is 0 Å². The van der Waals surface area contributed by atoms with E-state index in [1.165, 1.54) is 6.26 Å². The number of hydrogen-bond donors (Lipinski definition) is 0. The molecule has 0 N–H and O–H groups in total. The van der Waals surface area contributed by atoms with Crippen LogP contribution >= 0.6 is 0 Å². The summed E-state index contributed by atoms with van der Waals surface area (Å²) in [5.74, 6) is 0.0409. The fourth-order valence-electron chi connectivity index (χ4n) is 2.77. The quantitative estimate of drug-likeness (QED) is 0.598. The maximum Gasteiger partial charge on any atom is 0.347 e. The first-order chi connectivity index (χ1) is 13.0. The molecular weight excluding hydrogens is 344 g/mol. The minimum absolute atomic E-state index is 0.111. The Labute approximate surface area is 157 Å². The summed E-state index contributed by atoms with van der Waals surface area (Å²) in [6, 6.07) is 14.3. The van der Waals surface area contributed by atoms with Crippen LogP contribution in [0.1, 0.15) is 27.2 Å². The first kappa shape index (κ1) is 18.7. The van der Waals surface area contributed by atoms with Crippen molar-refractivity contribution in [2.75, 3.05) is 0 Å². The van der Waals surface area contributed by atoms with Crippen molar-refractivity contribution in [1.82, 2.24) is 0 Å². The molecule has 1 unspecified atom stereocenters. The van der Waals surface area contributed by atoms with Gasteiger partial charge in [0, 0.05) is 6.07 Å². The maximum absolute atomic E-state index is 12.8. The molecule has 2 aromatic carbocycles. The van der Waals surface area contributed by atoms with Crippen molar-refractivity contribution >= 4 is 16.9 Å². The lowest BCUT2D eigenvalue weighted by Gasteiger charge is -2.18. The molecule has 0 aliphatic carbocycles. The van der Waals surface area contributed by atoms with Gasteiger partial charge in [-0.1, -0.05) is 37.3 Å². The number of fused-ring (bicyclic) bond motifs is 1. The van der Waals surface area contributed by atoms with Crippen LogP contribution in [-0.4, -0.2) is 18.2 Å². The maximum atomic E-state index is 12.8. The SMILES string of the molecule is CCC(Oc1ccc2c(=O)c(-c3ccccc3)coc2c1)C(=O)OC(C)C. The highest BCUT2D eigenvalue weighted by atomic mass is 16.6. The molecule has 0 saturated carbocycles. The Bertz CT molecular complexity index is 989. The molecule has 5 heteroatoms. The molecule has 1 atom stereocenters. The molecule has 0 saturated heterocycles. The van der Waals surface area contributed by atoms with Gasteiger partial charge in [0.15, 0.2) is 11.5 Å². The molecule has 1 heterocycles. The lowest BCUT2D eigenvalue weighted by molar-refractivity contribution is -0.155. The summed E-state index contributed by atoms with van der Waals surface area (Å²) in [7, 11) is 0. The molecule has 3 rings (SSSR count). The van der Waals surface area contributed by atoms with E-state index in [-0.39, 0.29) is 11.5 Å². The van der Waals surface area contributed by atoms with Crippen LogP contribution in [0.2, 0.25) is 0 Å². The van der Waals surface area contributed by atoms with Crippen molar-refractivity contribution in [3.05, 3.63) is 65.0 Å². The van der Waals surface area contributed by atoms with E-state index in [0.29, 0.717) is 28.7 Å². The number of rotatable bonds is 6. The Balaban J connectivity index is 1.90. The molecule has 0 spiro atoms. The lowest BCUT2D eigenvalue weighted by Crippen LogP contribution is -2.30. The summed E-state index contributed by atoms with van der Waals surface area (Å²) in [5, 5.41) is 0.460. The highest BCUT2D eigenvalue weighted by molar-refractivity contribution is 5.83. The summed E-state index contributed by atoms with van der Waals surface area (Å²) >= 11 is 0. The van der Waals surface area contributed by atoms with E-state index in [1.54, 1.807) is 32.0 Å². The predicted octanol–water partition coefficient (Wildman–Crippen LogP) is 4.57. The van der Waals surface area contributed by atoms with Crippen molar-refractivity contribution in [3.8, 4) is 16.9 Å². The Hall–Kier alpha value is -3.08. The summed E-state index contributed by atoms with van der Waals surface area (Å²) in [6.07, 6.45) is 1.01. The number of ether oxygens (including phenoxy) is 2. The molecule has 140 valence electrons. The number of benzene rings is 2. The number of esters is 1. The highest BCUT2D eigenvalue weighted by Gasteiger charge is 2.21. The minimum atomic E-state index is -0.708. The van der Waals surface area contributed by atoms with Crippen LogP contribution in [0.25, 0.3) is 22.1 Å². The van der Waals surface area contributed by atoms with Crippen molar-refractivity contribution < 1.29 is 18.7 Å². The number of carbonyl (C=O) groups excluding carboxylic acids is 1. The Morgan fingerprint density at radius 1 is 1.11 bits per heavy atom. The van der Waals surface area contributed by atoms with Crippen LogP contribution in [0.5, 0.6) is 5.75 Å². The smallest absolute Gasteiger partial charge is 0.347 e. The number of carbonyl (C=O) groups is 1. The monoisotopic (exact) mass is 366 g/mol. The third kappa shape index (κ3) is 4.19. The van der Waals surface area contributed by atoms with Gasteiger partial charge < -0.3 is 13.9 Å². The van der Waals surface area contributed by atoms with Gasteiger partial charge in [-0.2, -0.15) is 0 Å². The van der Waals surface area contributed by atoms with E-state index < -0.39 is 12.1 Å². The molecule has 1 aromatic heterocycles. The Morgan fingerprint density at radius 3 is 2.52 bits per heavy atom. The lowest BCUT2D eigenvalue weighted by atomic mass is 10.1. The molecule has 0 aliphatic rings. The predicted molar refractivity (Wildman–Crippen MR) is 104 cm³/mol. The van der Waals surface area contributed by atoms with Crippen LogP contribution in [-0.2, 0) is 9.53 Å². The Kier molecular flexibility index (Phi) is 5.60. The molecule has 5 nitrogen and oxygen atoms in total. The normalized spacial score (nSPS) is 12.1. The third-order valence-corrected chi connectivity index (χ3v) is 4.09. The average molecular weight is 366 g/mol. The molecule has 0 fully saturated rings. The largest absolute Gasteiger partial charge is 0.479 e. The molecule has 0 aliphatic heterocycles. The van der Waals surface area contributed by atoms with Crippen LogP contribution < -0.4 is 10.2 Å². The molecule has 0 bridgehead atoms. The van der Waals surface area contributed by atoms with Gasteiger partial charge in [0.2, 0.25) is 0 Å². The molecule has 0 amide bonds. The molecular formula is C22H22O5. The van der Waals surface area contributed by atoms with E-state index in [0.717, 1.165) is 5.56 Å². The zero-order chi connectivity index (χ0) is 19.4. The molecule has 3 aromatic rings. The summed E-state index contributed by atoms with van der Waals surface area (Å²) in [5.41, 5.74) is 1.60. The van der Waals surface area contributed by atoms with E-state index in [4.69, 9.17) is 13.9 Å². The van der Waals surface area contributed by atoms with Gasteiger partial charge in [0.1, 0.15) is 17.6 Å². The second kappa shape index (κ2) is 8.08. The van der Waals surface area contributed by atoms with Gasteiger partial charge in [-0.15, -0.1) is 0 Å². The average Bonchev–Trinajstić information content (AvgIpc) is 2.66. The highest BCUT2D eigenvalue weighted by Crippen LogP contribution is 2.24. The van der Waals surface area contributed by atoms with Gasteiger partial charge in [0.05, 0.1) is 17.1 Å². The standard InChI is InChI=1S/C22H22O5/c1-4-19(22(24)26-14(2)3)27-16-10-11-17-20(12-16)25-13-18(21(17)23)15-8-6-5-7-9-15/h5-14,19H,4H2,1-3H3. The van der Waals surface area contributed by atoms with Gasteiger partial charge in [-0.25, -0.2) is 4.79 Å². The zero-order valence-electron chi connectivity index (χ0n) is 15.6. The van der Waals surface area contributed by atoms with E-state index in [9.17, 15) is 9.59 Å². The zero-order valence-corrected chi connectivity index (χ0v) is 15.6. The second-order valence-corrected chi connectivity index (χ2v) is 6.50. The van der Waals surface area contributed by atoms with Gasteiger partial charge in [-0.3, -0.25) is 4.79 Å². The van der Waals surface area contributed by atoms with Crippen LogP contribution in [0.3, 0.4) is 0 Å². The number of hydrogen-bond acceptors (Lipinski definition) is 5. The van der Waals surface area contributed by atoms with E-state index in [1.807, 2.05) is 37.3 Å². The van der Waals surface area contributed by atoms with Gasteiger partial charge in [-0.05, 0) is 38.0 Å². The summed E-state index contributed by atoms with van der Waals surface area (Å²) in [4.78, 5) is 24.9. The van der Waals surface area contributed by atoms with Crippen molar-refractivity contribution in [1.29, 1.82) is 0 Å². The first-order valence-electron chi connectivity index (χ1n) is 8.97. The topological polar surface area (TPSA) is 65.7 Å². The van der Waals surface area contributed by atoms with Crippen molar-refractivity contribution in [2.45, 2.75) is 39.4 Å². The summed E-state index contributed by atoms with van der Waals surface area (Å²) in [6.45, 7) is 5.43. The third-order valence-electron chi connectivity index (χ3n) is 4.09. The minimum Gasteiger partial charge on any atom is -0.479 e. The first-order valence-corrected chi connectivity index (χ1v) is 8.97. The van der Waals surface area contributed by atoms with Crippen LogP contribution in [0.15, 0.2) is 64.0 Å². The molecule has 0 radical (unpaired) electrons. The van der Waals surface area contributed by atoms with Crippen LogP contribution in [0.4, 0.5) is 0 Å². The van der Waals surface area contributed by atoms with E-state index in [2.05, 4.69) is 0 Å². The van der Waals surface area contributed by atoms with Crippen molar-refractivity contribution in [2.24, 2.45) is 0 Å². The molecule has 27 heavy (non-hydrogen) atoms. The fourth-order valence-corrected chi connectivity index (χ4v) is 2.77. The van der Waals surface area contributed by atoms with Gasteiger partial charge >= 0.3 is 5.97 Å². The second-order valence-electron chi connectivity index (χ2n) is 6.50. The summed E-state index contributed by atoms with van der Waals surface area (Å²) < 4.78 is 16.6. The fraction of sp³-hybridized carbons (Fsp3) is 0.273. The van der Waals surface area contributed by atoms with E-state index >= 15 is 0 Å². The Morgan fingerprint density at radius 2 is 1.85 bits per heavy atom. The van der Waals surface area contributed by atoms with Crippen LogP contribution in [0, 0.1) is 0 Å². The van der Waals surface area contributed by atoms with Crippen molar-refractivity contribution in [3.63, 3.8) is 0 Å².